The van der Waals surface area contributed by atoms with Crippen LogP contribution in [0, 0.1) is 17.2 Å². The molecule has 0 amide bonds. The minimum absolute atomic E-state index is 0.314. The molecule has 0 bridgehead atoms. The maximum Gasteiger partial charge on any atom is 0.165 e. The number of imidazole rings is 1. The number of nitrogens with one attached hydrogen (secondary N) is 2. The highest BCUT2D eigenvalue weighted by Gasteiger charge is 2.32. The molecule has 1 saturated heterocycles. The number of H-pyrrole nitrogens is 2. The molecule has 2 aromatic heterocycles. The Morgan fingerprint density at radius 2 is 1.95 bits per heavy atom. The predicted molar refractivity (Wildman–Crippen MR) is 153 cm³/mol. The number of aromatic nitrogens is 4. The van der Waals surface area contributed by atoms with E-state index in [0.717, 1.165) is 83.3 Å². The Balaban J connectivity index is 1.17. The summed E-state index contributed by atoms with van der Waals surface area (Å²) in [6, 6.07) is 8.91. The lowest BCUT2D eigenvalue weighted by Gasteiger charge is -2.43. The molecule has 7 nitrogen and oxygen atoms in total. The average Bonchev–Trinajstić information content (AvgIpc) is 3.54. The van der Waals surface area contributed by atoms with Gasteiger partial charge in [-0.25, -0.2) is 9.37 Å². The quantitative estimate of drug-likeness (QED) is 0.296. The van der Waals surface area contributed by atoms with Gasteiger partial charge in [0, 0.05) is 44.5 Å². The molecule has 8 heteroatoms. The van der Waals surface area contributed by atoms with E-state index in [4.69, 9.17) is 4.98 Å². The Morgan fingerprint density at radius 1 is 1.13 bits per heavy atom. The van der Waals surface area contributed by atoms with Gasteiger partial charge in [0.1, 0.15) is 5.69 Å². The highest BCUT2D eigenvalue weighted by molar-refractivity contribution is 5.94. The van der Waals surface area contributed by atoms with E-state index in [-0.39, 0.29) is 5.75 Å². The van der Waals surface area contributed by atoms with Gasteiger partial charge in [-0.2, -0.15) is 5.10 Å². The van der Waals surface area contributed by atoms with E-state index in [1.165, 1.54) is 37.3 Å². The molecule has 1 atom stereocenters. The predicted octanol–water partition coefficient (Wildman–Crippen LogP) is 5.75. The van der Waals surface area contributed by atoms with Crippen molar-refractivity contribution in [3.05, 3.63) is 53.1 Å². The molecule has 4 heterocycles. The lowest BCUT2D eigenvalue weighted by atomic mass is 9.74. The highest BCUT2D eigenvalue weighted by atomic mass is 19.1. The third-order valence-electron chi connectivity index (χ3n) is 9.23. The summed E-state index contributed by atoms with van der Waals surface area (Å²) in [5, 5.41) is 18.5. The molecule has 4 aromatic rings. The zero-order valence-corrected chi connectivity index (χ0v) is 23.4. The van der Waals surface area contributed by atoms with Crippen molar-refractivity contribution in [3.8, 4) is 28.4 Å². The van der Waals surface area contributed by atoms with E-state index in [1.807, 2.05) is 25.1 Å². The van der Waals surface area contributed by atoms with Crippen LogP contribution >= 0.6 is 0 Å². The molecule has 2 aliphatic rings. The van der Waals surface area contributed by atoms with Gasteiger partial charge in [0.05, 0.1) is 16.9 Å². The van der Waals surface area contributed by atoms with E-state index in [0.29, 0.717) is 11.8 Å². The summed E-state index contributed by atoms with van der Waals surface area (Å²) in [5.41, 5.74) is 7.00. The van der Waals surface area contributed by atoms with E-state index < -0.39 is 5.82 Å². The molecule has 0 spiro atoms. The second-order valence-electron chi connectivity index (χ2n) is 12.1. The standard InChI is InChI=1S/C31H39FN6O/c1-5-20-15-28(39)24(32)16-23(20)21-6-7-22-26(14-21)35-36-29(22)30-33-25-8-10-37(18-27(25)34-30)12-13-38-11-9-31(3,4)19(2)17-38/h6-7,14-16,19,39H,5,8-13,17-18H2,1-4H3,(H,33,34)(H,35,36). The molecule has 0 aliphatic carbocycles. The van der Waals surface area contributed by atoms with Crippen molar-refractivity contribution >= 4 is 10.9 Å². The molecule has 39 heavy (non-hydrogen) atoms. The Bertz CT molecular complexity index is 1500. The zero-order chi connectivity index (χ0) is 27.3. The highest BCUT2D eigenvalue weighted by Crippen LogP contribution is 2.36. The fraction of sp³-hybridized carbons (Fsp3) is 0.484. The minimum atomic E-state index is -0.614. The molecule has 0 radical (unpaired) electrons. The average molecular weight is 531 g/mol. The van der Waals surface area contributed by atoms with Crippen molar-refractivity contribution < 1.29 is 9.50 Å². The molecule has 206 valence electrons. The van der Waals surface area contributed by atoms with Crippen molar-refractivity contribution in [2.45, 2.75) is 53.5 Å². The van der Waals surface area contributed by atoms with Crippen LogP contribution in [0.15, 0.2) is 30.3 Å². The number of phenols is 1. The van der Waals surface area contributed by atoms with Crippen LogP contribution in [0.25, 0.3) is 33.5 Å². The SMILES string of the molecule is CCc1cc(O)c(F)cc1-c1ccc2c(-c3nc4c([nH]3)CN(CCN3CCC(C)(C)C(C)C3)CC4)n[nH]c2c1. The minimum Gasteiger partial charge on any atom is -0.505 e. The number of aromatic amines is 2. The second kappa shape index (κ2) is 10.1. The van der Waals surface area contributed by atoms with Gasteiger partial charge in [-0.1, -0.05) is 33.8 Å². The molecular weight excluding hydrogens is 491 g/mol. The molecule has 2 aromatic carbocycles. The largest absolute Gasteiger partial charge is 0.505 e. The van der Waals surface area contributed by atoms with Crippen LogP contribution in [0.4, 0.5) is 4.39 Å². The fourth-order valence-electron chi connectivity index (χ4n) is 6.09. The molecule has 0 saturated carbocycles. The van der Waals surface area contributed by atoms with Gasteiger partial charge >= 0.3 is 0 Å². The van der Waals surface area contributed by atoms with Gasteiger partial charge in [-0.15, -0.1) is 0 Å². The summed E-state index contributed by atoms with van der Waals surface area (Å²) in [7, 11) is 0. The van der Waals surface area contributed by atoms with E-state index in [2.05, 4.69) is 45.8 Å². The first-order valence-electron chi connectivity index (χ1n) is 14.2. The first-order valence-corrected chi connectivity index (χ1v) is 14.2. The van der Waals surface area contributed by atoms with Crippen LogP contribution in [0.1, 0.15) is 51.1 Å². The number of benzene rings is 2. The van der Waals surface area contributed by atoms with Gasteiger partial charge < -0.3 is 15.0 Å². The van der Waals surface area contributed by atoms with Crippen LogP contribution in [-0.4, -0.2) is 67.8 Å². The third kappa shape index (κ3) is 4.96. The smallest absolute Gasteiger partial charge is 0.165 e. The Labute approximate surface area is 229 Å². The fourth-order valence-corrected chi connectivity index (χ4v) is 6.09. The van der Waals surface area contributed by atoms with Crippen LogP contribution in [-0.2, 0) is 19.4 Å². The van der Waals surface area contributed by atoms with Crippen LogP contribution in [0.2, 0.25) is 0 Å². The van der Waals surface area contributed by atoms with Crippen molar-refractivity contribution in [3.63, 3.8) is 0 Å². The normalized spacial score (nSPS) is 20.0. The molecule has 1 unspecified atom stereocenters. The van der Waals surface area contributed by atoms with Gasteiger partial charge in [-0.3, -0.25) is 10.00 Å². The van der Waals surface area contributed by atoms with Crippen molar-refractivity contribution in [1.29, 1.82) is 0 Å². The Hall–Kier alpha value is -3.23. The van der Waals surface area contributed by atoms with E-state index >= 15 is 0 Å². The van der Waals surface area contributed by atoms with E-state index in [9.17, 15) is 9.50 Å². The number of rotatable bonds is 6. The molecular formula is C31H39FN6O. The van der Waals surface area contributed by atoms with Crippen LogP contribution in [0.3, 0.4) is 0 Å². The molecule has 3 N–H and O–H groups in total. The van der Waals surface area contributed by atoms with Crippen LogP contribution in [0.5, 0.6) is 5.75 Å². The van der Waals surface area contributed by atoms with Crippen molar-refractivity contribution in [1.82, 2.24) is 30.0 Å². The molecule has 2 aliphatic heterocycles. The number of phenolic OH excluding ortho intramolecular Hbond substituents is 1. The number of hydrogen-bond acceptors (Lipinski definition) is 5. The summed E-state index contributed by atoms with van der Waals surface area (Å²) >= 11 is 0. The number of piperidine rings is 1. The van der Waals surface area contributed by atoms with Crippen molar-refractivity contribution in [2.24, 2.45) is 11.3 Å². The zero-order valence-electron chi connectivity index (χ0n) is 23.4. The maximum absolute atomic E-state index is 14.2. The van der Waals surface area contributed by atoms with Gasteiger partial charge in [0.25, 0.3) is 0 Å². The Morgan fingerprint density at radius 3 is 2.74 bits per heavy atom. The van der Waals surface area contributed by atoms with Crippen molar-refractivity contribution in [2.75, 3.05) is 32.7 Å². The van der Waals surface area contributed by atoms with Gasteiger partial charge in [0.2, 0.25) is 0 Å². The lowest BCUT2D eigenvalue weighted by molar-refractivity contribution is 0.0623. The summed E-state index contributed by atoms with van der Waals surface area (Å²) in [5.74, 6) is 0.589. The lowest BCUT2D eigenvalue weighted by Crippen LogP contribution is -2.46. The monoisotopic (exact) mass is 530 g/mol. The number of nitrogens with zero attached hydrogens (tertiary/aromatic N) is 4. The number of fused-ring (bicyclic) bond motifs is 2. The van der Waals surface area contributed by atoms with Crippen LogP contribution < -0.4 is 0 Å². The topological polar surface area (TPSA) is 84.1 Å². The summed E-state index contributed by atoms with van der Waals surface area (Å²) < 4.78 is 14.2. The maximum atomic E-state index is 14.2. The Kier molecular flexibility index (Phi) is 6.71. The first kappa shape index (κ1) is 26.0. The van der Waals surface area contributed by atoms with Gasteiger partial charge in [0.15, 0.2) is 17.4 Å². The third-order valence-corrected chi connectivity index (χ3v) is 9.23. The van der Waals surface area contributed by atoms with E-state index in [1.54, 1.807) is 0 Å². The number of likely N-dealkylation sites (tertiary alicyclic amines) is 1. The molecule has 1 fully saturated rings. The summed E-state index contributed by atoms with van der Waals surface area (Å²) in [6.45, 7) is 15.7. The number of aryl methyl sites for hydroxylation is 1. The summed E-state index contributed by atoms with van der Waals surface area (Å²) in [6.07, 6.45) is 2.90. The van der Waals surface area contributed by atoms with Gasteiger partial charge in [-0.05, 0) is 71.7 Å². The summed E-state index contributed by atoms with van der Waals surface area (Å²) in [4.78, 5) is 13.7. The number of halogens is 1. The number of aromatic hydroxyl groups is 1. The number of hydrogen-bond donors (Lipinski definition) is 3. The molecule has 6 rings (SSSR count). The first-order chi connectivity index (χ1) is 18.7. The second-order valence-corrected chi connectivity index (χ2v) is 12.1.